The summed E-state index contributed by atoms with van der Waals surface area (Å²) in [5, 5.41) is 20.6. The Labute approximate surface area is 160 Å². The number of phenols is 2. The molecule has 0 saturated carbocycles. The number of nitrogens with zero attached hydrogens (tertiary/aromatic N) is 1. The number of fused-ring (bicyclic) bond motifs is 4. The fourth-order valence-electron chi connectivity index (χ4n) is 4.22. The minimum Gasteiger partial charge on any atom is -0.504 e. The molecule has 2 aromatic carbocycles. The summed E-state index contributed by atoms with van der Waals surface area (Å²) in [6, 6.07) is 7.87. The van der Waals surface area contributed by atoms with Crippen LogP contribution in [0, 0.1) is 0 Å². The van der Waals surface area contributed by atoms with Gasteiger partial charge in [0, 0.05) is 19.1 Å². The number of hydrogen-bond donors (Lipinski definition) is 2. The summed E-state index contributed by atoms with van der Waals surface area (Å²) in [6.07, 6.45) is 3.80. The molecular weight excluding hydrogens is 342 g/mol. The lowest BCUT2D eigenvalue weighted by molar-refractivity contribution is 0.159. The van der Waals surface area contributed by atoms with E-state index in [4.69, 9.17) is 9.47 Å². The lowest BCUT2D eigenvalue weighted by atomic mass is 9.83. The van der Waals surface area contributed by atoms with Crippen LogP contribution in [0.2, 0.25) is 0 Å². The molecule has 1 unspecified atom stereocenters. The molecule has 27 heavy (non-hydrogen) atoms. The van der Waals surface area contributed by atoms with Crippen molar-refractivity contribution in [3.63, 3.8) is 0 Å². The van der Waals surface area contributed by atoms with Crippen LogP contribution in [0.1, 0.15) is 48.1 Å². The van der Waals surface area contributed by atoms with Gasteiger partial charge in [-0.2, -0.15) is 0 Å². The molecule has 0 spiro atoms. The van der Waals surface area contributed by atoms with Gasteiger partial charge in [0.1, 0.15) is 0 Å². The van der Waals surface area contributed by atoms with Crippen molar-refractivity contribution in [2.45, 2.75) is 45.2 Å². The largest absolute Gasteiger partial charge is 0.504 e. The Morgan fingerprint density at radius 1 is 1.04 bits per heavy atom. The van der Waals surface area contributed by atoms with Crippen molar-refractivity contribution < 1.29 is 19.7 Å². The Morgan fingerprint density at radius 2 is 1.81 bits per heavy atom. The summed E-state index contributed by atoms with van der Waals surface area (Å²) >= 11 is 0. The number of rotatable bonds is 5. The highest BCUT2D eigenvalue weighted by atomic mass is 16.5. The normalized spacial score (nSPS) is 18.4. The van der Waals surface area contributed by atoms with Crippen LogP contribution in [0.3, 0.4) is 0 Å². The maximum absolute atomic E-state index is 10.4. The number of unbranched alkanes of at least 4 members (excludes halogenated alkanes) is 1. The van der Waals surface area contributed by atoms with Crippen molar-refractivity contribution in [1.82, 2.24) is 4.90 Å². The highest BCUT2D eigenvalue weighted by Gasteiger charge is 2.33. The first-order chi connectivity index (χ1) is 13.1. The molecule has 2 heterocycles. The van der Waals surface area contributed by atoms with Gasteiger partial charge in [-0.3, -0.25) is 4.90 Å². The minimum atomic E-state index is 0.186. The van der Waals surface area contributed by atoms with Gasteiger partial charge < -0.3 is 19.7 Å². The number of phenolic OH excluding ortho intramolecular Hbond substituents is 2. The van der Waals surface area contributed by atoms with Crippen LogP contribution in [0.15, 0.2) is 24.3 Å². The molecule has 1 atom stereocenters. The lowest BCUT2D eigenvalue weighted by Crippen LogP contribution is -2.39. The van der Waals surface area contributed by atoms with Gasteiger partial charge in [-0.25, -0.2) is 0 Å². The molecule has 0 amide bonds. The zero-order valence-electron chi connectivity index (χ0n) is 16.0. The molecule has 2 aromatic rings. The molecular formula is C22H27NO4. The number of aromatic hydroxyl groups is 2. The van der Waals surface area contributed by atoms with Gasteiger partial charge >= 0.3 is 0 Å². The van der Waals surface area contributed by atoms with E-state index >= 15 is 0 Å². The maximum atomic E-state index is 10.4. The average Bonchev–Trinajstić information content (AvgIpc) is 2.67. The van der Waals surface area contributed by atoms with E-state index in [1.165, 1.54) is 11.1 Å². The zero-order valence-corrected chi connectivity index (χ0v) is 16.0. The van der Waals surface area contributed by atoms with E-state index in [9.17, 15) is 10.2 Å². The number of benzene rings is 2. The average molecular weight is 369 g/mol. The van der Waals surface area contributed by atoms with E-state index in [-0.39, 0.29) is 17.5 Å². The summed E-state index contributed by atoms with van der Waals surface area (Å²) < 4.78 is 11.0. The SMILES string of the molecule is CCCCOc1cc2c(cc1O)CC1c3cc(O)c(OC)cc3CCN1C2. The van der Waals surface area contributed by atoms with Crippen LogP contribution in [0.5, 0.6) is 23.0 Å². The maximum Gasteiger partial charge on any atom is 0.161 e. The number of hydrogen-bond acceptors (Lipinski definition) is 5. The van der Waals surface area contributed by atoms with Crippen molar-refractivity contribution in [1.29, 1.82) is 0 Å². The second-order valence-corrected chi connectivity index (χ2v) is 7.45. The molecule has 0 bridgehead atoms. The summed E-state index contributed by atoms with van der Waals surface area (Å²) in [4.78, 5) is 2.45. The Bertz CT molecular complexity index is 849. The third-order valence-electron chi connectivity index (χ3n) is 5.73. The zero-order chi connectivity index (χ0) is 19.0. The quantitative estimate of drug-likeness (QED) is 0.782. The molecule has 5 nitrogen and oxygen atoms in total. The first-order valence-corrected chi connectivity index (χ1v) is 9.72. The van der Waals surface area contributed by atoms with Crippen molar-refractivity contribution in [3.8, 4) is 23.0 Å². The van der Waals surface area contributed by atoms with Crippen LogP contribution in [-0.2, 0) is 19.4 Å². The first-order valence-electron chi connectivity index (χ1n) is 9.72. The summed E-state index contributed by atoms with van der Waals surface area (Å²) in [6.45, 7) is 4.55. The smallest absolute Gasteiger partial charge is 0.161 e. The lowest BCUT2D eigenvalue weighted by Gasteiger charge is -2.41. The summed E-state index contributed by atoms with van der Waals surface area (Å²) in [5.74, 6) is 1.52. The molecule has 2 aliphatic heterocycles. The van der Waals surface area contributed by atoms with E-state index in [0.717, 1.165) is 49.9 Å². The van der Waals surface area contributed by atoms with E-state index in [1.807, 2.05) is 24.3 Å². The third-order valence-corrected chi connectivity index (χ3v) is 5.73. The fourth-order valence-corrected chi connectivity index (χ4v) is 4.22. The van der Waals surface area contributed by atoms with E-state index < -0.39 is 0 Å². The van der Waals surface area contributed by atoms with Crippen molar-refractivity contribution >= 4 is 0 Å². The Morgan fingerprint density at radius 3 is 2.59 bits per heavy atom. The minimum absolute atomic E-state index is 0.186. The number of ether oxygens (including phenoxy) is 2. The van der Waals surface area contributed by atoms with Crippen LogP contribution in [0.25, 0.3) is 0 Å². The van der Waals surface area contributed by atoms with Gasteiger partial charge in [-0.15, -0.1) is 0 Å². The monoisotopic (exact) mass is 369 g/mol. The molecule has 0 radical (unpaired) electrons. The van der Waals surface area contributed by atoms with E-state index in [2.05, 4.69) is 11.8 Å². The van der Waals surface area contributed by atoms with E-state index in [0.29, 0.717) is 18.1 Å². The molecule has 2 N–H and O–H groups in total. The standard InChI is InChI=1S/C22H27NO4/c1-3-4-7-27-22-11-16-13-23-6-5-14-10-21(26-2)20(25)12-17(14)18(23)8-15(16)9-19(22)24/h9-12,18,24-25H,3-8,13H2,1-2H3. The van der Waals surface area contributed by atoms with Crippen molar-refractivity contribution in [3.05, 3.63) is 46.5 Å². The summed E-state index contributed by atoms with van der Waals surface area (Å²) in [5.41, 5.74) is 4.77. The molecule has 2 aliphatic rings. The van der Waals surface area contributed by atoms with Crippen LogP contribution >= 0.6 is 0 Å². The van der Waals surface area contributed by atoms with Crippen LogP contribution in [0.4, 0.5) is 0 Å². The van der Waals surface area contributed by atoms with Gasteiger partial charge in [-0.1, -0.05) is 13.3 Å². The predicted molar refractivity (Wildman–Crippen MR) is 104 cm³/mol. The molecule has 0 aliphatic carbocycles. The Balaban J connectivity index is 1.63. The molecule has 5 heteroatoms. The van der Waals surface area contributed by atoms with Crippen molar-refractivity contribution in [2.75, 3.05) is 20.3 Å². The first kappa shape index (κ1) is 18.0. The second-order valence-electron chi connectivity index (χ2n) is 7.45. The highest BCUT2D eigenvalue weighted by molar-refractivity contribution is 5.52. The van der Waals surface area contributed by atoms with Crippen LogP contribution < -0.4 is 9.47 Å². The molecule has 4 rings (SSSR count). The Kier molecular flexibility index (Phi) is 4.87. The molecule has 0 saturated heterocycles. The molecule has 0 fully saturated rings. The summed E-state index contributed by atoms with van der Waals surface area (Å²) in [7, 11) is 1.58. The highest BCUT2D eigenvalue weighted by Crippen LogP contribution is 2.43. The second kappa shape index (κ2) is 7.31. The van der Waals surface area contributed by atoms with Gasteiger partial charge in [-0.05, 0) is 65.8 Å². The van der Waals surface area contributed by atoms with E-state index in [1.54, 1.807) is 7.11 Å². The van der Waals surface area contributed by atoms with Gasteiger partial charge in [0.2, 0.25) is 0 Å². The van der Waals surface area contributed by atoms with Gasteiger partial charge in [0.05, 0.1) is 13.7 Å². The van der Waals surface area contributed by atoms with Gasteiger partial charge in [0.25, 0.3) is 0 Å². The van der Waals surface area contributed by atoms with Crippen molar-refractivity contribution in [2.24, 2.45) is 0 Å². The van der Waals surface area contributed by atoms with Crippen LogP contribution in [-0.4, -0.2) is 35.4 Å². The predicted octanol–water partition coefficient (Wildman–Crippen LogP) is 3.94. The Hall–Kier alpha value is -2.40. The fraction of sp³-hybridized carbons (Fsp3) is 0.455. The van der Waals surface area contributed by atoms with Gasteiger partial charge in [0.15, 0.2) is 23.0 Å². The topological polar surface area (TPSA) is 62.2 Å². The molecule has 144 valence electrons. The number of methoxy groups -OCH3 is 1. The molecule has 0 aromatic heterocycles. The third kappa shape index (κ3) is 3.32.